The summed E-state index contributed by atoms with van der Waals surface area (Å²) < 4.78 is 0. The molecule has 0 aromatic heterocycles. The van der Waals surface area contributed by atoms with E-state index < -0.39 is 11.9 Å². The Bertz CT molecular complexity index is 234. The lowest BCUT2D eigenvalue weighted by atomic mass is 10.1. The number of hydrogen-bond acceptors (Lipinski definition) is 4. The lowest BCUT2D eigenvalue weighted by Gasteiger charge is -2.21. The van der Waals surface area contributed by atoms with Gasteiger partial charge in [-0.2, -0.15) is 0 Å². The maximum absolute atomic E-state index is 10.8. The fourth-order valence-electron chi connectivity index (χ4n) is 2.21. The number of rotatable bonds is 6. The van der Waals surface area contributed by atoms with Crippen LogP contribution in [-0.2, 0) is 4.79 Å². The molecule has 0 aromatic carbocycles. The van der Waals surface area contributed by atoms with E-state index in [4.69, 9.17) is 11.5 Å². The third-order valence-corrected chi connectivity index (χ3v) is 3.25. The first-order chi connectivity index (χ1) is 7.49. The van der Waals surface area contributed by atoms with Crippen LogP contribution in [0, 0.1) is 5.92 Å². The lowest BCUT2D eigenvalue weighted by molar-refractivity contribution is -0.119. The number of amides is 1. The number of nitrogens with two attached hydrogens (primary N) is 2. The van der Waals surface area contributed by atoms with Gasteiger partial charge in [0, 0.05) is 13.1 Å². The highest BCUT2D eigenvalue weighted by atomic mass is 16.1. The van der Waals surface area contributed by atoms with Crippen molar-refractivity contribution in [2.45, 2.75) is 18.9 Å². The van der Waals surface area contributed by atoms with Crippen molar-refractivity contribution in [1.29, 1.82) is 0 Å². The van der Waals surface area contributed by atoms with E-state index in [1.165, 1.54) is 19.5 Å². The molecular formula is C11H24N4O. The van der Waals surface area contributed by atoms with Gasteiger partial charge in [-0.3, -0.25) is 4.79 Å². The molecule has 1 saturated heterocycles. The number of hydrogen-bond donors (Lipinski definition) is 2. The first kappa shape index (κ1) is 13.4. The Morgan fingerprint density at radius 1 is 1.62 bits per heavy atom. The van der Waals surface area contributed by atoms with E-state index in [1.54, 1.807) is 0 Å². The molecule has 0 aromatic rings. The van der Waals surface area contributed by atoms with Gasteiger partial charge in [0.2, 0.25) is 5.91 Å². The topological polar surface area (TPSA) is 75.6 Å². The van der Waals surface area contributed by atoms with E-state index in [1.807, 2.05) is 0 Å². The van der Waals surface area contributed by atoms with Gasteiger partial charge in [0.25, 0.3) is 0 Å². The summed E-state index contributed by atoms with van der Waals surface area (Å²) in [5, 5.41) is 0. The second kappa shape index (κ2) is 6.18. The van der Waals surface area contributed by atoms with Crippen molar-refractivity contribution in [2.24, 2.45) is 17.4 Å². The van der Waals surface area contributed by atoms with Gasteiger partial charge in [0.1, 0.15) is 0 Å². The molecule has 94 valence electrons. The zero-order valence-corrected chi connectivity index (χ0v) is 10.4. The van der Waals surface area contributed by atoms with Gasteiger partial charge in [-0.05, 0) is 45.9 Å². The molecule has 16 heavy (non-hydrogen) atoms. The molecule has 0 saturated carbocycles. The Morgan fingerprint density at radius 3 is 2.81 bits per heavy atom. The van der Waals surface area contributed by atoms with Gasteiger partial charge >= 0.3 is 0 Å². The molecule has 1 rings (SSSR count). The van der Waals surface area contributed by atoms with E-state index >= 15 is 0 Å². The normalized spacial score (nSPS) is 23.9. The minimum atomic E-state index is -0.506. The Morgan fingerprint density at radius 2 is 2.31 bits per heavy atom. The van der Waals surface area contributed by atoms with Crippen LogP contribution in [0.5, 0.6) is 0 Å². The molecule has 2 atom stereocenters. The Hall–Kier alpha value is -0.650. The van der Waals surface area contributed by atoms with Gasteiger partial charge in [0.05, 0.1) is 6.04 Å². The number of primary amides is 1. The van der Waals surface area contributed by atoms with E-state index in [0.29, 0.717) is 6.42 Å². The largest absolute Gasteiger partial charge is 0.368 e. The molecule has 1 fully saturated rings. The van der Waals surface area contributed by atoms with E-state index in [2.05, 4.69) is 23.9 Å². The molecule has 1 heterocycles. The highest BCUT2D eigenvalue weighted by molar-refractivity contribution is 5.79. The molecule has 1 amide bonds. The molecule has 5 heteroatoms. The molecule has 5 nitrogen and oxygen atoms in total. The standard InChI is InChI=1S/C11H24N4O/c1-14-5-3-9(7-14)8-15(2)6-4-10(12)11(13)16/h9-10H,3-8,12H2,1-2H3,(H2,13,16). The van der Waals surface area contributed by atoms with Crippen molar-refractivity contribution >= 4 is 5.91 Å². The fraction of sp³-hybridized carbons (Fsp3) is 0.909. The van der Waals surface area contributed by atoms with Crippen LogP contribution in [0.25, 0.3) is 0 Å². The highest BCUT2D eigenvalue weighted by Crippen LogP contribution is 2.15. The average Bonchev–Trinajstić information content (AvgIpc) is 2.60. The van der Waals surface area contributed by atoms with Crippen LogP contribution in [0.2, 0.25) is 0 Å². The summed E-state index contributed by atoms with van der Waals surface area (Å²) in [6.07, 6.45) is 1.91. The maximum Gasteiger partial charge on any atom is 0.234 e. The minimum Gasteiger partial charge on any atom is -0.368 e. The van der Waals surface area contributed by atoms with Crippen molar-refractivity contribution in [3.05, 3.63) is 0 Å². The zero-order valence-electron chi connectivity index (χ0n) is 10.4. The monoisotopic (exact) mass is 228 g/mol. The number of carbonyl (C=O) groups excluding carboxylic acids is 1. The molecule has 0 radical (unpaired) electrons. The quantitative estimate of drug-likeness (QED) is 0.616. The zero-order chi connectivity index (χ0) is 12.1. The molecule has 4 N–H and O–H groups in total. The van der Waals surface area contributed by atoms with Crippen molar-refractivity contribution in [3.8, 4) is 0 Å². The van der Waals surface area contributed by atoms with Gasteiger partial charge in [-0.15, -0.1) is 0 Å². The van der Waals surface area contributed by atoms with Crippen LogP contribution in [0.4, 0.5) is 0 Å². The van der Waals surface area contributed by atoms with E-state index in [-0.39, 0.29) is 0 Å². The Kier molecular flexibility index (Phi) is 5.18. The Balaban J connectivity index is 2.15. The molecule has 1 aliphatic heterocycles. The number of nitrogens with zero attached hydrogens (tertiary/aromatic N) is 2. The fourth-order valence-corrected chi connectivity index (χ4v) is 2.21. The van der Waals surface area contributed by atoms with Crippen LogP contribution in [0.3, 0.4) is 0 Å². The summed E-state index contributed by atoms with van der Waals surface area (Å²) in [4.78, 5) is 15.4. The molecule has 0 bridgehead atoms. The molecule has 2 unspecified atom stereocenters. The van der Waals surface area contributed by atoms with E-state index in [0.717, 1.165) is 19.0 Å². The highest BCUT2D eigenvalue weighted by Gasteiger charge is 2.21. The summed E-state index contributed by atoms with van der Waals surface area (Å²) in [6, 6.07) is -0.506. The van der Waals surface area contributed by atoms with E-state index in [9.17, 15) is 4.79 Å². The van der Waals surface area contributed by atoms with Crippen LogP contribution in [0.1, 0.15) is 12.8 Å². The van der Waals surface area contributed by atoms with Crippen molar-refractivity contribution < 1.29 is 4.79 Å². The van der Waals surface area contributed by atoms with Gasteiger partial charge in [-0.25, -0.2) is 0 Å². The predicted octanol–water partition coefficient (Wildman–Crippen LogP) is -0.927. The van der Waals surface area contributed by atoms with Crippen LogP contribution >= 0.6 is 0 Å². The molecule has 1 aliphatic rings. The van der Waals surface area contributed by atoms with Crippen LogP contribution in [0.15, 0.2) is 0 Å². The minimum absolute atomic E-state index is 0.408. The third kappa shape index (κ3) is 4.47. The summed E-state index contributed by atoms with van der Waals surface area (Å²) in [5.74, 6) is 0.341. The summed E-state index contributed by atoms with van der Waals surface area (Å²) in [7, 11) is 4.23. The third-order valence-electron chi connectivity index (χ3n) is 3.25. The SMILES string of the molecule is CN1CCC(CN(C)CCC(N)C(N)=O)C1. The second-order valence-electron chi connectivity index (χ2n) is 4.98. The maximum atomic E-state index is 10.8. The number of carbonyl (C=O) groups is 1. The summed E-state index contributed by atoms with van der Waals surface area (Å²) >= 11 is 0. The first-order valence-corrected chi connectivity index (χ1v) is 5.91. The predicted molar refractivity (Wildman–Crippen MR) is 64.9 cm³/mol. The number of likely N-dealkylation sites (tertiary alicyclic amines) is 1. The summed E-state index contributed by atoms with van der Waals surface area (Å²) in [5.41, 5.74) is 10.7. The lowest BCUT2D eigenvalue weighted by Crippen LogP contribution is -2.39. The van der Waals surface area contributed by atoms with Crippen molar-refractivity contribution in [2.75, 3.05) is 40.3 Å². The average molecular weight is 228 g/mol. The van der Waals surface area contributed by atoms with Crippen LogP contribution < -0.4 is 11.5 Å². The molecule has 0 spiro atoms. The first-order valence-electron chi connectivity index (χ1n) is 5.91. The second-order valence-corrected chi connectivity index (χ2v) is 4.98. The van der Waals surface area contributed by atoms with Crippen molar-refractivity contribution in [3.63, 3.8) is 0 Å². The molecular weight excluding hydrogens is 204 g/mol. The van der Waals surface area contributed by atoms with Crippen LogP contribution in [-0.4, -0.2) is 62.0 Å². The molecule has 0 aliphatic carbocycles. The van der Waals surface area contributed by atoms with Gasteiger partial charge < -0.3 is 21.3 Å². The Labute approximate surface area is 97.7 Å². The van der Waals surface area contributed by atoms with Gasteiger partial charge in [0.15, 0.2) is 0 Å². The van der Waals surface area contributed by atoms with Gasteiger partial charge in [-0.1, -0.05) is 0 Å². The van der Waals surface area contributed by atoms with Crippen molar-refractivity contribution in [1.82, 2.24) is 9.80 Å². The smallest absolute Gasteiger partial charge is 0.234 e. The summed E-state index contributed by atoms with van der Waals surface area (Å²) in [6.45, 7) is 4.28.